The molecule has 3 nitrogen and oxygen atoms in total. The van der Waals surface area contributed by atoms with Gasteiger partial charge in [0.05, 0.1) is 0 Å². The summed E-state index contributed by atoms with van der Waals surface area (Å²) in [5, 5.41) is 1.49. The van der Waals surface area contributed by atoms with Crippen LogP contribution in [-0.2, 0) is 11.4 Å². The zero-order valence-electron chi connectivity index (χ0n) is 9.14. The number of alkyl halides is 3. The van der Waals surface area contributed by atoms with E-state index in [1.165, 1.54) is 0 Å². The van der Waals surface area contributed by atoms with Crippen molar-refractivity contribution in [2.45, 2.75) is 12.7 Å². The van der Waals surface area contributed by atoms with Crippen LogP contribution in [0.2, 0.25) is 5.02 Å². The number of rotatable bonds is 4. The number of benzene rings is 1. The molecule has 0 aliphatic heterocycles. The SMILES string of the molecule is FC(F)(F)CONCc1c[nH]c2cc(Cl)ccc12. The van der Waals surface area contributed by atoms with Gasteiger partial charge in [-0.2, -0.15) is 18.7 Å². The summed E-state index contributed by atoms with van der Waals surface area (Å²) in [6.07, 6.45) is -2.63. The summed E-state index contributed by atoms with van der Waals surface area (Å²) in [6.45, 7) is -1.14. The van der Waals surface area contributed by atoms with Gasteiger partial charge in [-0.25, -0.2) is 0 Å². The monoisotopic (exact) mass is 278 g/mol. The predicted octanol–water partition coefficient (Wildman–Crippen LogP) is 3.40. The molecule has 0 saturated heterocycles. The van der Waals surface area contributed by atoms with Gasteiger partial charge in [0, 0.05) is 28.7 Å². The highest BCUT2D eigenvalue weighted by Gasteiger charge is 2.27. The number of aromatic nitrogens is 1. The minimum absolute atomic E-state index is 0.178. The van der Waals surface area contributed by atoms with E-state index in [-0.39, 0.29) is 6.54 Å². The Labute approximate surface area is 106 Å². The van der Waals surface area contributed by atoms with Crippen LogP contribution in [0.5, 0.6) is 0 Å². The summed E-state index contributed by atoms with van der Waals surface area (Å²) in [5.74, 6) is 0. The van der Waals surface area contributed by atoms with E-state index in [0.29, 0.717) is 5.02 Å². The topological polar surface area (TPSA) is 37.0 Å². The van der Waals surface area contributed by atoms with Crippen LogP contribution in [0.15, 0.2) is 24.4 Å². The standard InChI is InChI=1S/C11H10ClF3N2O/c12-8-1-2-9-7(4-16-10(9)3-8)5-17-18-6-11(13,14)15/h1-4,16-17H,5-6H2. The molecule has 2 N–H and O–H groups in total. The lowest BCUT2D eigenvalue weighted by Gasteiger charge is -2.07. The highest BCUT2D eigenvalue weighted by atomic mass is 35.5. The third-order valence-corrected chi connectivity index (χ3v) is 2.57. The Hall–Kier alpha value is -1.24. The van der Waals surface area contributed by atoms with Gasteiger partial charge in [0.2, 0.25) is 0 Å². The third kappa shape index (κ3) is 3.38. The molecule has 7 heteroatoms. The fourth-order valence-electron chi connectivity index (χ4n) is 1.57. The van der Waals surface area contributed by atoms with Crippen molar-refractivity contribution >= 4 is 22.5 Å². The van der Waals surface area contributed by atoms with Crippen LogP contribution in [0.25, 0.3) is 10.9 Å². The van der Waals surface area contributed by atoms with Gasteiger partial charge in [-0.05, 0) is 17.7 Å². The van der Waals surface area contributed by atoms with Crippen LogP contribution in [0, 0.1) is 0 Å². The smallest absolute Gasteiger partial charge is 0.361 e. The average molecular weight is 279 g/mol. The summed E-state index contributed by atoms with van der Waals surface area (Å²) in [7, 11) is 0. The summed E-state index contributed by atoms with van der Waals surface area (Å²) in [5.41, 5.74) is 3.92. The second-order valence-electron chi connectivity index (χ2n) is 3.73. The summed E-state index contributed by atoms with van der Waals surface area (Å²) in [4.78, 5) is 7.31. The molecule has 1 aromatic heterocycles. The molecular weight excluding hydrogens is 269 g/mol. The van der Waals surface area contributed by atoms with Gasteiger partial charge in [0.15, 0.2) is 6.61 Å². The number of hydroxylamine groups is 1. The Morgan fingerprint density at radius 2 is 2.11 bits per heavy atom. The molecule has 1 aromatic carbocycles. The van der Waals surface area contributed by atoms with Crippen LogP contribution in [0.4, 0.5) is 13.2 Å². The lowest BCUT2D eigenvalue weighted by molar-refractivity contribution is -0.190. The fourth-order valence-corrected chi connectivity index (χ4v) is 1.74. The molecule has 0 aliphatic rings. The maximum Gasteiger partial charge on any atom is 0.413 e. The van der Waals surface area contributed by atoms with E-state index >= 15 is 0 Å². The molecule has 0 amide bonds. The number of halogens is 4. The molecule has 0 fully saturated rings. The molecule has 18 heavy (non-hydrogen) atoms. The first-order valence-electron chi connectivity index (χ1n) is 5.12. The van der Waals surface area contributed by atoms with Crippen molar-refractivity contribution in [1.29, 1.82) is 0 Å². The Morgan fingerprint density at radius 1 is 1.33 bits per heavy atom. The molecule has 0 radical (unpaired) electrons. The van der Waals surface area contributed by atoms with Crippen molar-refractivity contribution in [2.75, 3.05) is 6.61 Å². The maximum atomic E-state index is 11.8. The summed E-state index contributed by atoms with van der Waals surface area (Å²) in [6, 6.07) is 5.27. The van der Waals surface area contributed by atoms with Gasteiger partial charge in [0.1, 0.15) is 0 Å². The summed E-state index contributed by atoms with van der Waals surface area (Å²) >= 11 is 5.82. The highest BCUT2D eigenvalue weighted by molar-refractivity contribution is 6.31. The quantitative estimate of drug-likeness (QED) is 0.664. The molecule has 0 saturated carbocycles. The molecule has 0 atom stereocenters. The third-order valence-electron chi connectivity index (χ3n) is 2.33. The van der Waals surface area contributed by atoms with Crippen LogP contribution in [0.3, 0.4) is 0 Å². The fraction of sp³-hybridized carbons (Fsp3) is 0.273. The van der Waals surface area contributed by atoms with E-state index in [1.54, 1.807) is 24.4 Å². The van der Waals surface area contributed by atoms with Gasteiger partial charge in [-0.3, -0.25) is 4.84 Å². The zero-order valence-corrected chi connectivity index (χ0v) is 9.90. The normalized spacial score (nSPS) is 12.2. The lowest BCUT2D eigenvalue weighted by atomic mass is 10.2. The van der Waals surface area contributed by atoms with Crippen molar-refractivity contribution in [1.82, 2.24) is 10.5 Å². The van der Waals surface area contributed by atoms with Crippen LogP contribution >= 0.6 is 11.6 Å². The molecule has 0 spiro atoms. The van der Waals surface area contributed by atoms with Crippen molar-refractivity contribution in [3.8, 4) is 0 Å². The Morgan fingerprint density at radius 3 is 2.83 bits per heavy atom. The van der Waals surface area contributed by atoms with Gasteiger partial charge < -0.3 is 4.98 Å². The van der Waals surface area contributed by atoms with Gasteiger partial charge in [-0.1, -0.05) is 17.7 Å². The Bertz CT molecular complexity index is 539. The Kier molecular flexibility index (Phi) is 3.79. The maximum absolute atomic E-state index is 11.8. The second-order valence-corrected chi connectivity index (χ2v) is 4.17. The van der Waals surface area contributed by atoms with Gasteiger partial charge in [0.25, 0.3) is 0 Å². The minimum atomic E-state index is -4.33. The average Bonchev–Trinajstić information content (AvgIpc) is 2.65. The van der Waals surface area contributed by atoms with E-state index < -0.39 is 12.8 Å². The molecular formula is C11H10ClF3N2O. The predicted molar refractivity (Wildman–Crippen MR) is 62.2 cm³/mol. The van der Waals surface area contributed by atoms with Crippen molar-refractivity contribution in [3.05, 3.63) is 35.0 Å². The zero-order chi connectivity index (χ0) is 13.2. The van der Waals surface area contributed by atoms with Gasteiger partial charge in [-0.15, -0.1) is 0 Å². The Balaban J connectivity index is 1.96. The number of H-pyrrole nitrogens is 1. The number of hydrogen-bond acceptors (Lipinski definition) is 2. The summed E-state index contributed by atoms with van der Waals surface area (Å²) < 4.78 is 35.5. The van der Waals surface area contributed by atoms with Crippen LogP contribution in [0.1, 0.15) is 5.56 Å². The van der Waals surface area contributed by atoms with E-state index in [9.17, 15) is 13.2 Å². The van der Waals surface area contributed by atoms with Crippen molar-refractivity contribution < 1.29 is 18.0 Å². The first kappa shape index (κ1) is 13.2. The van der Waals surface area contributed by atoms with E-state index in [0.717, 1.165) is 16.5 Å². The van der Waals surface area contributed by atoms with Crippen molar-refractivity contribution in [2.24, 2.45) is 0 Å². The largest absolute Gasteiger partial charge is 0.413 e. The molecule has 2 rings (SSSR count). The molecule has 1 heterocycles. The second kappa shape index (κ2) is 5.17. The van der Waals surface area contributed by atoms with E-state index in [2.05, 4.69) is 15.3 Å². The number of aromatic amines is 1. The number of nitrogens with one attached hydrogen (secondary N) is 2. The van der Waals surface area contributed by atoms with Crippen LogP contribution < -0.4 is 5.48 Å². The van der Waals surface area contributed by atoms with E-state index in [4.69, 9.17) is 11.6 Å². The molecule has 0 aliphatic carbocycles. The van der Waals surface area contributed by atoms with Crippen LogP contribution in [-0.4, -0.2) is 17.8 Å². The number of hydrogen-bond donors (Lipinski definition) is 2. The molecule has 98 valence electrons. The molecule has 2 aromatic rings. The number of fused-ring (bicyclic) bond motifs is 1. The molecule has 0 bridgehead atoms. The lowest BCUT2D eigenvalue weighted by Crippen LogP contribution is -2.24. The van der Waals surface area contributed by atoms with Gasteiger partial charge >= 0.3 is 6.18 Å². The first-order valence-corrected chi connectivity index (χ1v) is 5.50. The highest BCUT2D eigenvalue weighted by Crippen LogP contribution is 2.22. The minimum Gasteiger partial charge on any atom is -0.361 e. The van der Waals surface area contributed by atoms with Crippen molar-refractivity contribution in [3.63, 3.8) is 0 Å². The molecule has 0 unspecified atom stereocenters. The first-order chi connectivity index (χ1) is 8.46. The van der Waals surface area contributed by atoms with E-state index in [1.807, 2.05) is 0 Å².